The highest BCUT2D eigenvalue weighted by Gasteiger charge is 2.18. The van der Waals surface area contributed by atoms with Gasteiger partial charge in [-0.2, -0.15) is 0 Å². The number of hydrogen-bond donors (Lipinski definition) is 2. The summed E-state index contributed by atoms with van der Waals surface area (Å²) in [4.78, 5) is 14.0. The van der Waals surface area contributed by atoms with Crippen molar-refractivity contribution in [1.82, 2.24) is 8.87 Å². The summed E-state index contributed by atoms with van der Waals surface area (Å²) in [6.07, 6.45) is 4.04. The Morgan fingerprint density at radius 2 is 1.87 bits per heavy atom. The van der Waals surface area contributed by atoms with E-state index in [-0.39, 0.29) is 5.91 Å². The quantitative estimate of drug-likeness (QED) is 0.317. The Bertz CT molecular complexity index is 1150. The molecule has 0 saturated heterocycles. The molecule has 3 aromatic rings. The number of allylic oxidation sites excluding steroid dienone is 1. The van der Waals surface area contributed by atoms with Crippen LogP contribution in [-0.4, -0.2) is 36.0 Å². The number of nitrogens with zero attached hydrogens (tertiary/aromatic N) is 2. The third-order valence-electron chi connectivity index (χ3n) is 5.03. The minimum absolute atomic E-state index is 0.131. The molecule has 0 aliphatic heterocycles. The molecule has 2 aromatic carbocycles. The predicted molar refractivity (Wildman–Crippen MR) is 140 cm³/mol. The van der Waals surface area contributed by atoms with Crippen LogP contribution in [0.25, 0.3) is 22.8 Å². The van der Waals surface area contributed by atoms with Crippen molar-refractivity contribution in [1.29, 1.82) is 0 Å². The van der Waals surface area contributed by atoms with Crippen LogP contribution < -0.4 is 16.2 Å². The minimum atomic E-state index is -0.131. The van der Waals surface area contributed by atoms with Gasteiger partial charge in [0.05, 0.1) is 12.7 Å². The predicted octanol–water partition coefficient (Wildman–Crippen LogP) is 5.44. The number of aromatic nitrogens is 1. The SMILES string of the molecule is COc1ccccc1-c1cn(SI)c(N)c1/C=C(\C)c1ccc(N)c(C(=O)N(C)C)c1. The number of hydrogen-bond acceptors (Lipinski definition) is 5. The first-order chi connectivity index (χ1) is 14.8. The van der Waals surface area contributed by atoms with Crippen LogP contribution in [0, 0.1) is 0 Å². The van der Waals surface area contributed by atoms with Gasteiger partial charge >= 0.3 is 0 Å². The van der Waals surface area contributed by atoms with Crippen LogP contribution in [0.2, 0.25) is 0 Å². The molecule has 0 aliphatic rings. The molecule has 0 saturated carbocycles. The maximum atomic E-state index is 12.5. The second-order valence-electron chi connectivity index (χ2n) is 7.27. The molecule has 0 spiro atoms. The zero-order valence-electron chi connectivity index (χ0n) is 17.8. The smallest absolute Gasteiger partial charge is 0.255 e. The lowest BCUT2D eigenvalue weighted by Gasteiger charge is -2.14. The number of para-hydroxylation sites is 1. The van der Waals surface area contributed by atoms with Gasteiger partial charge in [-0.25, -0.2) is 0 Å². The van der Waals surface area contributed by atoms with Crippen LogP contribution in [0.15, 0.2) is 48.7 Å². The van der Waals surface area contributed by atoms with Crippen LogP contribution in [0.5, 0.6) is 5.75 Å². The van der Waals surface area contributed by atoms with Crippen LogP contribution in [0.4, 0.5) is 11.5 Å². The van der Waals surface area contributed by atoms with E-state index in [0.29, 0.717) is 17.1 Å². The van der Waals surface area contributed by atoms with Crippen LogP contribution in [0.3, 0.4) is 0 Å². The van der Waals surface area contributed by atoms with Gasteiger partial charge in [0, 0.05) is 73.0 Å². The third-order valence-corrected chi connectivity index (χ3v) is 6.75. The van der Waals surface area contributed by atoms with Gasteiger partial charge in [-0.3, -0.25) is 8.77 Å². The first-order valence-corrected chi connectivity index (χ1v) is 12.8. The summed E-state index contributed by atoms with van der Waals surface area (Å²) in [5, 5.41) is 0. The van der Waals surface area contributed by atoms with E-state index in [1.807, 2.05) is 59.6 Å². The van der Waals surface area contributed by atoms with E-state index < -0.39 is 0 Å². The molecular weight excluding hydrogens is 523 g/mol. The van der Waals surface area contributed by atoms with Crippen LogP contribution >= 0.6 is 30.3 Å². The molecule has 0 bridgehead atoms. The lowest BCUT2D eigenvalue weighted by atomic mass is 9.97. The van der Waals surface area contributed by atoms with Crippen molar-refractivity contribution in [2.75, 3.05) is 32.7 Å². The van der Waals surface area contributed by atoms with E-state index in [0.717, 1.165) is 33.6 Å². The fourth-order valence-corrected chi connectivity index (χ4v) is 4.63. The average molecular weight is 548 g/mol. The molecule has 0 fully saturated rings. The molecule has 0 unspecified atom stereocenters. The second-order valence-corrected chi connectivity index (χ2v) is 8.98. The Morgan fingerprint density at radius 1 is 1.16 bits per heavy atom. The molecule has 1 heterocycles. The zero-order valence-corrected chi connectivity index (χ0v) is 20.8. The zero-order chi connectivity index (χ0) is 22.7. The van der Waals surface area contributed by atoms with Gasteiger partial charge in [0.15, 0.2) is 0 Å². The minimum Gasteiger partial charge on any atom is -0.496 e. The summed E-state index contributed by atoms with van der Waals surface area (Å²) < 4.78 is 7.49. The van der Waals surface area contributed by atoms with Crippen molar-refractivity contribution in [2.24, 2.45) is 0 Å². The second kappa shape index (κ2) is 9.69. The molecule has 8 heteroatoms. The summed E-state index contributed by atoms with van der Waals surface area (Å²) in [6.45, 7) is 2.00. The molecule has 1 aromatic heterocycles. The molecule has 0 radical (unpaired) electrons. The van der Waals surface area contributed by atoms with E-state index in [9.17, 15) is 4.79 Å². The Morgan fingerprint density at radius 3 is 2.52 bits per heavy atom. The van der Waals surface area contributed by atoms with Gasteiger partial charge in [-0.05, 0) is 42.3 Å². The van der Waals surface area contributed by atoms with Gasteiger partial charge < -0.3 is 21.1 Å². The summed E-state index contributed by atoms with van der Waals surface area (Å²) >= 11 is 2.20. The normalized spacial score (nSPS) is 11.5. The summed E-state index contributed by atoms with van der Waals surface area (Å²) in [6, 6.07) is 13.4. The lowest BCUT2D eigenvalue weighted by molar-refractivity contribution is 0.0828. The molecule has 162 valence electrons. The topological polar surface area (TPSA) is 86.5 Å². The van der Waals surface area contributed by atoms with E-state index in [4.69, 9.17) is 16.2 Å². The highest BCUT2D eigenvalue weighted by molar-refractivity contribution is 14.2. The maximum absolute atomic E-state index is 12.5. The molecule has 3 rings (SSSR count). The van der Waals surface area contributed by atoms with Crippen molar-refractivity contribution in [3.63, 3.8) is 0 Å². The number of halogens is 1. The lowest BCUT2D eigenvalue weighted by Crippen LogP contribution is -2.22. The Hall–Kier alpha value is -2.59. The van der Waals surface area contributed by atoms with Gasteiger partial charge in [0.25, 0.3) is 5.91 Å². The fraction of sp³-hybridized carbons (Fsp3) is 0.174. The maximum Gasteiger partial charge on any atom is 0.255 e. The number of carbonyl (C=O) groups excluding carboxylic acids is 1. The standard InChI is InChI=1S/C23H25IN4O2S/c1-14(15-9-10-20(25)18(12-15)23(29)27(2)3)11-17-19(13-28(31-24)22(17)26)16-7-5-6-8-21(16)30-4/h5-13H,25-26H2,1-4H3/b14-11+. The monoisotopic (exact) mass is 548 g/mol. The van der Waals surface area contributed by atoms with Crippen LogP contribution in [-0.2, 0) is 0 Å². The number of anilines is 2. The van der Waals surface area contributed by atoms with Gasteiger partial charge in [-0.1, -0.05) is 24.3 Å². The number of nitrogen functional groups attached to an aromatic ring is 2. The number of rotatable bonds is 6. The van der Waals surface area contributed by atoms with Crippen molar-refractivity contribution < 1.29 is 9.53 Å². The number of methoxy groups -OCH3 is 1. The summed E-state index contributed by atoms with van der Waals surface area (Å²) in [7, 11) is 6.58. The Kier molecular flexibility index (Phi) is 7.22. The number of carbonyl (C=O) groups is 1. The first-order valence-electron chi connectivity index (χ1n) is 9.51. The van der Waals surface area contributed by atoms with Gasteiger partial charge in [0.2, 0.25) is 0 Å². The molecular formula is C23H25IN4O2S. The molecule has 0 aliphatic carbocycles. The van der Waals surface area contributed by atoms with Gasteiger partial charge in [0.1, 0.15) is 11.6 Å². The van der Waals surface area contributed by atoms with Crippen LogP contribution in [0.1, 0.15) is 28.4 Å². The Labute approximate surface area is 199 Å². The molecule has 1 amide bonds. The number of ether oxygens (including phenoxy) is 1. The molecule has 6 nitrogen and oxygen atoms in total. The number of nitrogens with two attached hydrogens (primary N) is 2. The van der Waals surface area contributed by atoms with Crippen molar-refractivity contribution in [2.45, 2.75) is 6.92 Å². The molecule has 4 N–H and O–H groups in total. The average Bonchev–Trinajstić information content (AvgIpc) is 3.08. The van der Waals surface area contributed by atoms with Gasteiger partial charge in [-0.15, -0.1) is 0 Å². The first kappa shape index (κ1) is 23.1. The highest BCUT2D eigenvalue weighted by Crippen LogP contribution is 2.40. The van der Waals surface area contributed by atoms with Crippen molar-refractivity contribution >= 4 is 59.4 Å². The fourth-order valence-electron chi connectivity index (χ4n) is 3.33. The summed E-state index contributed by atoms with van der Waals surface area (Å²) in [5.74, 6) is 1.28. The molecule has 0 atom stereocenters. The van der Waals surface area contributed by atoms with Crippen molar-refractivity contribution in [3.8, 4) is 16.9 Å². The van der Waals surface area contributed by atoms with E-state index in [1.54, 1.807) is 27.3 Å². The van der Waals surface area contributed by atoms with Crippen molar-refractivity contribution in [3.05, 3.63) is 65.4 Å². The Balaban J connectivity index is 2.15. The molecule has 31 heavy (non-hydrogen) atoms. The van der Waals surface area contributed by atoms with E-state index >= 15 is 0 Å². The highest BCUT2D eigenvalue weighted by atomic mass is 127. The largest absolute Gasteiger partial charge is 0.496 e. The number of amides is 1. The number of benzene rings is 2. The van der Waals surface area contributed by atoms with E-state index in [2.05, 4.69) is 21.2 Å². The third kappa shape index (κ3) is 4.69. The van der Waals surface area contributed by atoms with E-state index in [1.165, 1.54) is 14.0 Å². The summed E-state index contributed by atoms with van der Waals surface area (Å²) in [5.41, 5.74) is 18.2.